The van der Waals surface area contributed by atoms with Crippen LogP contribution in [0.3, 0.4) is 0 Å². The zero-order valence-electron chi connectivity index (χ0n) is 8.15. The monoisotopic (exact) mass is 184 g/mol. The highest BCUT2D eigenvalue weighted by Gasteiger charge is 2.41. The Morgan fingerprint density at radius 3 is 2.85 bits per heavy atom. The van der Waals surface area contributed by atoms with Crippen LogP contribution in [0.5, 0.6) is 0 Å². The van der Waals surface area contributed by atoms with Gasteiger partial charge in [-0.05, 0) is 38.3 Å². The standard InChI is InChI=1S/C10H20N2O/c11-4-1-5-12-6-8-2-3-10(13)9(8)7-12/h8-10,13H,1-7,11H2. The normalized spacial score (nSPS) is 39.7. The largest absolute Gasteiger partial charge is 0.393 e. The molecule has 3 heteroatoms. The van der Waals surface area contributed by atoms with Crippen LogP contribution in [0, 0.1) is 11.8 Å². The lowest BCUT2D eigenvalue weighted by atomic mass is 10.00. The number of nitrogens with zero attached hydrogens (tertiary/aromatic N) is 1. The Hall–Kier alpha value is -0.120. The zero-order valence-corrected chi connectivity index (χ0v) is 8.15. The van der Waals surface area contributed by atoms with Gasteiger partial charge in [0.1, 0.15) is 0 Å². The molecule has 0 spiro atoms. The number of aliphatic hydroxyl groups excluding tert-OH is 1. The topological polar surface area (TPSA) is 49.5 Å². The molecule has 0 bridgehead atoms. The van der Waals surface area contributed by atoms with Gasteiger partial charge in [-0.2, -0.15) is 0 Å². The third-order valence-electron chi connectivity index (χ3n) is 3.57. The predicted molar refractivity (Wildman–Crippen MR) is 52.3 cm³/mol. The molecule has 1 saturated carbocycles. The SMILES string of the molecule is NCCCN1CC2CCC(O)C2C1. The average molecular weight is 184 g/mol. The minimum atomic E-state index is -0.0205. The Bertz CT molecular complexity index is 174. The van der Waals surface area contributed by atoms with E-state index in [1.54, 1.807) is 0 Å². The molecule has 3 N–H and O–H groups in total. The van der Waals surface area contributed by atoms with Crippen LogP contribution >= 0.6 is 0 Å². The smallest absolute Gasteiger partial charge is 0.0583 e. The van der Waals surface area contributed by atoms with Crippen molar-refractivity contribution in [2.75, 3.05) is 26.2 Å². The van der Waals surface area contributed by atoms with E-state index in [4.69, 9.17) is 5.73 Å². The molecule has 0 amide bonds. The molecule has 3 atom stereocenters. The third kappa shape index (κ3) is 1.87. The van der Waals surface area contributed by atoms with E-state index in [1.165, 1.54) is 13.0 Å². The highest BCUT2D eigenvalue weighted by molar-refractivity contribution is 4.93. The first kappa shape index (κ1) is 9.44. The molecule has 3 nitrogen and oxygen atoms in total. The maximum Gasteiger partial charge on any atom is 0.0583 e. The summed E-state index contributed by atoms with van der Waals surface area (Å²) in [7, 11) is 0. The van der Waals surface area contributed by atoms with E-state index in [9.17, 15) is 5.11 Å². The van der Waals surface area contributed by atoms with E-state index < -0.39 is 0 Å². The van der Waals surface area contributed by atoms with Gasteiger partial charge in [0.2, 0.25) is 0 Å². The highest BCUT2D eigenvalue weighted by Crippen LogP contribution is 2.37. The van der Waals surface area contributed by atoms with Crippen molar-refractivity contribution < 1.29 is 5.11 Å². The van der Waals surface area contributed by atoms with Crippen molar-refractivity contribution in [3.05, 3.63) is 0 Å². The second-order valence-corrected chi connectivity index (χ2v) is 4.47. The van der Waals surface area contributed by atoms with Crippen LogP contribution in [0.2, 0.25) is 0 Å². The van der Waals surface area contributed by atoms with Crippen molar-refractivity contribution in [2.24, 2.45) is 17.6 Å². The molecule has 1 aliphatic carbocycles. The summed E-state index contributed by atoms with van der Waals surface area (Å²) in [6.07, 6.45) is 3.33. The molecule has 0 aromatic carbocycles. The molecule has 13 heavy (non-hydrogen) atoms. The maximum atomic E-state index is 9.69. The molecule has 1 saturated heterocycles. The van der Waals surface area contributed by atoms with E-state index >= 15 is 0 Å². The van der Waals surface area contributed by atoms with Crippen molar-refractivity contribution >= 4 is 0 Å². The average Bonchev–Trinajstić information content (AvgIpc) is 2.65. The van der Waals surface area contributed by atoms with Crippen molar-refractivity contribution in [1.82, 2.24) is 4.90 Å². The van der Waals surface area contributed by atoms with Crippen LogP contribution in [0.4, 0.5) is 0 Å². The third-order valence-corrected chi connectivity index (χ3v) is 3.57. The molecule has 0 aromatic heterocycles. The van der Waals surface area contributed by atoms with Crippen LogP contribution in [0.15, 0.2) is 0 Å². The van der Waals surface area contributed by atoms with Crippen molar-refractivity contribution in [1.29, 1.82) is 0 Å². The fraction of sp³-hybridized carbons (Fsp3) is 1.00. The number of rotatable bonds is 3. The lowest BCUT2D eigenvalue weighted by Gasteiger charge is -2.17. The van der Waals surface area contributed by atoms with Gasteiger partial charge in [0.25, 0.3) is 0 Å². The summed E-state index contributed by atoms with van der Waals surface area (Å²) < 4.78 is 0. The minimum Gasteiger partial charge on any atom is -0.393 e. The van der Waals surface area contributed by atoms with E-state index in [-0.39, 0.29) is 6.10 Å². The quantitative estimate of drug-likeness (QED) is 0.651. The van der Waals surface area contributed by atoms with Crippen molar-refractivity contribution in [3.8, 4) is 0 Å². The van der Waals surface area contributed by atoms with Gasteiger partial charge < -0.3 is 15.7 Å². The summed E-state index contributed by atoms with van der Waals surface area (Å²) in [5, 5.41) is 9.69. The summed E-state index contributed by atoms with van der Waals surface area (Å²) in [5.41, 5.74) is 5.47. The van der Waals surface area contributed by atoms with Gasteiger partial charge in [0.15, 0.2) is 0 Å². The first-order valence-corrected chi connectivity index (χ1v) is 5.41. The molecule has 1 aliphatic heterocycles. The fourth-order valence-corrected chi connectivity index (χ4v) is 2.83. The molecule has 1 heterocycles. The lowest BCUT2D eigenvalue weighted by molar-refractivity contribution is 0.124. The Morgan fingerprint density at radius 1 is 1.31 bits per heavy atom. The van der Waals surface area contributed by atoms with E-state index in [0.29, 0.717) is 5.92 Å². The first-order chi connectivity index (χ1) is 6.31. The number of nitrogens with two attached hydrogens (primary N) is 1. The maximum absolute atomic E-state index is 9.69. The van der Waals surface area contributed by atoms with Crippen LogP contribution in [-0.2, 0) is 0 Å². The fourth-order valence-electron chi connectivity index (χ4n) is 2.83. The molecule has 3 unspecified atom stereocenters. The summed E-state index contributed by atoms with van der Waals surface area (Å²) in [5.74, 6) is 1.34. The number of aliphatic hydroxyl groups is 1. The molecular formula is C10H20N2O. The molecule has 0 radical (unpaired) electrons. The van der Waals surface area contributed by atoms with E-state index in [0.717, 1.165) is 38.4 Å². The first-order valence-electron chi connectivity index (χ1n) is 5.41. The highest BCUT2D eigenvalue weighted by atomic mass is 16.3. The number of fused-ring (bicyclic) bond motifs is 1. The van der Waals surface area contributed by atoms with E-state index in [1.807, 2.05) is 0 Å². The van der Waals surface area contributed by atoms with Crippen LogP contribution in [0.1, 0.15) is 19.3 Å². The van der Waals surface area contributed by atoms with Crippen LogP contribution in [-0.4, -0.2) is 42.3 Å². The Labute approximate surface area is 79.9 Å². The van der Waals surface area contributed by atoms with Gasteiger partial charge in [0, 0.05) is 19.0 Å². The van der Waals surface area contributed by atoms with Gasteiger partial charge in [0.05, 0.1) is 6.10 Å². The lowest BCUT2D eigenvalue weighted by Crippen LogP contribution is -2.26. The minimum absolute atomic E-state index is 0.0205. The Balaban J connectivity index is 1.81. The van der Waals surface area contributed by atoms with Gasteiger partial charge in [-0.1, -0.05) is 0 Å². The Kier molecular flexibility index (Phi) is 2.86. The number of likely N-dealkylation sites (tertiary alicyclic amines) is 1. The zero-order chi connectivity index (χ0) is 9.26. The summed E-state index contributed by atoms with van der Waals surface area (Å²) in [6, 6.07) is 0. The molecule has 0 aromatic rings. The number of hydrogen-bond acceptors (Lipinski definition) is 3. The second kappa shape index (κ2) is 3.95. The molecule has 2 aliphatic rings. The van der Waals surface area contributed by atoms with Crippen LogP contribution in [0.25, 0.3) is 0 Å². The Morgan fingerprint density at radius 2 is 2.15 bits per heavy atom. The van der Waals surface area contributed by atoms with Gasteiger partial charge in [-0.25, -0.2) is 0 Å². The van der Waals surface area contributed by atoms with Gasteiger partial charge in [-0.3, -0.25) is 0 Å². The summed E-state index contributed by atoms with van der Waals surface area (Å²) in [6.45, 7) is 4.21. The molecular weight excluding hydrogens is 164 g/mol. The summed E-state index contributed by atoms with van der Waals surface area (Å²) in [4.78, 5) is 2.46. The molecule has 2 fully saturated rings. The molecule has 2 rings (SSSR count). The van der Waals surface area contributed by atoms with Gasteiger partial charge >= 0.3 is 0 Å². The van der Waals surface area contributed by atoms with Crippen molar-refractivity contribution in [2.45, 2.75) is 25.4 Å². The predicted octanol–water partition coefficient (Wildman–Crippen LogP) is 0.0379. The molecule has 76 valence electrons. The van der Waals surface area contributed by atoms with Crippen LogP contribution < -0.4 is 5.73 Å². The number of hydrogen-bond donors (Lipinski definition) is 2. The van der Waals surface area contributed by atoms with Gasteiger partial charge in [-0.15, -0.1) is 0 Å². The second-order valence-electron chi connectivity index (χ2n) is 4.47. The van der Waals surface area contributed by atoms with Crippen molar-refractivity contribution in [3.63, 3.8) is 0 Å². The summed E-state index contributed by atoms with van der Waals surface area (Å²) >= 11 is 0. The van der Waals surface area contributed by atoms with E-state index in [2.05, 4.69) is 4.90 Å².